The Balaban J connectivity index is 1.57. The Labute approximate surface area is 190 Å². The van der Waals surface area contributed by atoms with E-state index in [2.05, 4.69) is 35.8 Å². The number of nitrogens with zero attached hydrogens (tertiary/aromatic N) is 5. The van der Waals surface area contributed by atoms with Gasteiger partial charge in [-0.15, -0.1) is 0 Å². The minimum Gasteiger partial charge on any atom is -0.444 e. The smallest absolute Gasteiger partial charge is 0.407 e. The second kappa shape index (κ2) is 12.7. The molecule has 3 N–H and O–H groups in total. The van der Waals surface area contributed by atoms with Gasteiger partial charge in [0.2, 0.25) is 11.9 Å². The van der Waals surface area contributed by atoms with Gasteiger partial charge in [0.1, 0.15) is 5.60 Å². The normalized spacial score (nSPS) is 14.7. The third kappa shape index (κ3) is 9.36. The fraction of sp³-hybridized carbons (Fsp3) is 0.667. The first kappa shape index (κ1) is 25.2. The molecule has 32 heavy (non-hydrogen) atoms. The van der Waals surface area contributed by atoms with Gasteiger partial charge in [0.15, 0.2) is 5.96 Å². The molecular formula is C21H36N8O3. The molecular weight excluding hydrogens is 412 g/mol. The van der Waals surface area contributed by atoms with Crippen LogP contribution in [0.5, 0.6) is 0 Å². The average Bonchev–Trinajstić information content (AvgIpc) is 2.77. The molecule has 2 rings (SSSR count). The van der Waals surface area contributed by atoms with Gasteiger partial charge in [-0.05, 0) is 33.3 Å². The molecule has 0 atom stereocenters. The lowest BCUT2D eigenvalue weighted by atomic mass is 10.2. The molecule has 1 fully saturated rings. The van der Waals surface area contributed by atoms with Crippen molar-refractivity contribution in [3.63, 3.8) is 0 Å². The predicted octanol–water partition coefficient (Wildman–Crippen LogP) is 0.595. The van der Waals surface area contributed by atoms with Gasteiger partial charge in [0.05, 0.1) is 0 Å². The van der Waals surface area contributed by atoms with Crippen LogP contribution in [-0.4, -0.2) is 91.3 Å². The molecule has 0 aromatic carbocycles. The summed E-state index contributed by atoms with van der Waals surface area (Å²) in [5.41, 5.74) is -0.504. The molecule has 1 saturated heterocycles. The lowest BCUT2D eigenvalue weighted by Crippen LogP contribution is -2.50. The summed E-state index contributed by atoms with van der Waals surface area (Å²) in [5.74, 6) is 1.45. The maximum atomic E-state index is 12.5. The first-order chi connectivity index (χ1) is 15.3. The van der Waals surface area contributed by atoms with Gasteiger partial charge in [-0.1, -0.05) is 0 Å². The van der Waals surface area contributed by atoms with E-state index in [1.807, 2.05) is 25.7 Å². The van der Waals surface area contributed by atoms with Crippen molar-refractivity contribution >= 4 is 23.9 Å². The average molecular weight is 449 g/mol. The van der Waals surface area contributed by atoms with Crippen molar-refractivity contribution in [2.45, 2.75) is 39.2 Å². The summed E-state index contributed by atoms with van der Waals surface area (Å²) >= 11 is 0. The lowest BCUT2D eigenvalue weighted by Gasteiger charge is -2.34. The van der Waals surface area contributed by atoms with Gasteiger partial charge < -0.3 is 30.5 Å². The Morgan fingerprint density at radius 2 is 1.66 bits per heavy atom. The summed E-state index contributed by atoms with van der Waals surface area (Å²) < 4.78 is 5.19. The fourth-order valence-electron chi connectivity index (χ4n) is 3.08. The molecule has 2 amide bonds. The maximum Gasteiger partial charge on any atom is 0.407 e. The van der Waals surface area contributed by atoms with E-state index in [1.165, 1.54) is 0 Å². The zero-order valence-corrected chi connectivity index (χ0v) is 19.6. The van der Waals surface area contributed by atoms with Gasteiger partial charge >= 0.3 is 6.09 Å². The number of hydrogen-bond acceptors (Lipinski definition) is 7. The molecule has 11 nitrogen and oxygen atoms in total. The van der Waals surface area contributed by atoms with Crippen LogP contribution in [0.3, 0.4) is 0 Å². The largest absolute Gasteiger partial charge is 0.444 e. The minimum absolute atomic E-state index is 0.114. The summed E-state index contributed by atoms with van der Waals surface area (Å²) in [7, 11) is 1.68. The summed E-state index contributed by atoms with van der Waals surface area (Å²) in [5, 5.41) is 9.04. The zero-order valence-electron chi connectivity index (χ0n) is 19.6. The van der Waals surface area contributed by atoms with E-state index in [0.717, 1.165) is 13.1 Å². The number of amides is 2. The standard InChI is InChI=1S/C21H36N8O3/c1-21(2,3)32-20(31)27-11-5-8-23-18(22-4)24-12-7-17(30)28-13-15-29(16-14-28)19-25-9-6-10-26-19/h6,9-10H,5,7-8,11-16H2,1-4H3,(H,27,31)(H2,22,23,24). The van der Waals surface area contributed by atoms with Crippen molar-refractivity contribution in [3.05, 3.63) is 18.5 Å². The Morgan fingerprint density at radius 1 is 1.03 bits per heavy atom. The van der Waals surface area contributed by atoms with Crippen LogP contribution in [-0.2, 0) is 9.53 Å². The first-order valence-electron chi connectivity index (χ1n) is 11.0. The zero-order chi connectivity index (χ0) is 23.4. The second-order valence-corrected chi connectivity index (χ2v) is 8.37. The Kier molecular flexibility index (Phi) is 9.96. The van der Waals surface area contributed by atoms with E-state index < -0.39 is 11.7 Å². The summed E-state index contributed by atoms with van der Waals surface area (Å²) in [6, 6.07) is 1.79. The molecule has 0 bridgehead atoms. The number of carbonyl (C=O) groups excluding carboxylic acids is 2. The molecule has 0 radical (unpaired) electrons. The van der Waals surface area contributed by atoms with Crippen LogP contribution in [0.25, 0.3) is 0 Å². The SMILES string of the molecule is CN=C(NCCCNC(=O)OC(C)(C)C)NCCC(=O)N1CCN(c2ncccn2)CC1. The highest BCUT2D eigenvalue weighted by atomic mass is 16.6. The summed E-state index contributed by atoms with van der Waals surface area (Å²) in [6.45, 7) is 9.88. The Morgan fingerprint density at radius 3 is 2.28 bits per heavy atom. The highest BCUT2D eigenvalue weighted by Gasteiger charge is 2.22. The van der Waals surface area contributed by atoms with Crippen LogP contribution in [0, 0.1) is 0 Å². The predicted molar refractivity (Wildman–Crippen MR) is 124 cm³/mol. The fourth-order valence-corrected chi connectivity index (χ4v) is 3.08. The monoisotopic (exact) mass is 448 g/mol. The third-order valence-corrected chi connectivity index (χ3v) is 4.64. The molecule has 11 heteroatoms. The second-order valence-electron chi connectivity index (χ2n) is 8.37. The highest BCUT2D eigenvalue weighted by molar-refractivity contribution is 5.81. The number of anilines is 1. The molecule has 1 aliphatic rings. The van der Waals surface area contributed by atoms with E-state index in [0.29, 0.717) is 57.5 Å². The van der Waals surface area contributed by atoms with Crippen molar-refractivity contribution in [2.75, 3.05) is 57.8 Å². The summed E-state index contributed by atoms with van der Waals surface area (Å²) in [6.07, 6.45) is 4.14. The highest BCUT2D eigenvalue weighted by Crippen LogP contribution is 2.10. The van der Waals surface area contributed by atoms with Crippen LogP contribution in [0.2, 0.25) is 0 Å². The summed E-state index contributed by atoms with van der Waals surface area (Å²) in [4.78, 5) is 40.7. The van der Waals surface area contributed by atoms with Gasteiger partial charge in [-0.3, -0.25) is 9.79 Å². The molecule has 1 aliphatic heterocycles. The molecule has 178 valence electrons. The Bertz CT molecular complexity index is 743. The number of aromatic nitrogens is 2. The van der Waals surface area contributed by atoms with E-state index in [4.69, 9.17) is 4.74 Å². The van der Waals surface area contributed by atoms with Crippen molar-refractivity contribution < 1.29 is 14.3 Å². The molecule has 0 aliphatic carbocycles. The number of rotatable bonds is 8. The van der Waals surface area contributed by atoms with Crippen LogP contribution in [0.1, 0.15) is 33.6 Å². The number of nitrogens with one attached hydrogen (secondary N) is 3. The Hall–Kier alpha value is -3.11. The minimum atomic E-state index is -0.504. The number of alkyl carbamates (subject to hydrolysis) is 1. The van der Waals surface area contributed by atoms with Crippen molar-refractivity contribution in [1.82, 2.24) is 30.8 Å². The van der Waals surface area contributed by atoms with Gasteiger partial charge in [0.25, 0.3) is 0 Å². The van der Waals surface area contributed by atoms with Crippen molar-refractivity contribution in [3.8, 4) is 0 Å². The van der Waals surface area contributed by atoms with Gasteiger partial charge in [0, 0.05) is 71.7 Å². The number of ether oxygens (including phenoxy) is 1. The molecule has 1 aromatic heterocycles. The van der Waals surface area contributed by atoms with E-state index >= 15 is 0 Å². The topological polar surface area (TPSA) is 124 Å². The van der Waals surface area contributed by atoms with Crippen LogP contribution in [0.15, 0.2) is 23.5 Å². The lowest BCUT2D eigenvalue weighted by molar-refractivity contribution is -0.131. The quantitative estimate of drug-likeness (QED) is 0.300. The van der Waals surface area contributed by atoms with E-state index in [-0.39, 0.29) is 5.91 Å². The molecule has 0 unspecified atom stereocenters. The van der Waals surface area contributed by atoms with Crippen LogP contribution >= 0.6 is 0 Å². The van der Waals surface area contributed by atoms with Gasteiger partial charge in [-0.25, -0.2) is 14.8 Å². The van der Waals surface area contributed by atoms with E-state index in [1.54, 1.807) is 25.5 Å². The van der Waals surface area contributed by atoms with Crippen molar-refractivity contribution in [1.29, 1.82) is 0 Å². The maximum absolute atomic E-state index is 12.5. The van der Waals surface area contributed by atoms with Crippen LogP contribution < -0.4 is 20.9 Å². The van der Waals surface area contributed by atoms with Gasteiger partial charge in [-0.2, -0.15) is 0 Å². The molecule has 1 aromatic rings. The number of guanidine groups is 1. The molecule has 0 saturated carbocycles. The number of piperazine rings is 1. The molecule has 0 spiro atoms. The molecule has 2 heterocycles. The third-order valence-electron chi connectivity index (χ3n) is 4.64. The van der Waals surface area contributed by atoms with E-state index in [9.17, 15) is 9.59 Å². The number of hydrogen-bond donors (Lipinski definition) is 3. The number of aliphatic imine (C=N–C) groups is 1. The number of carbonyl (C=O) groups is 2. The first-order valence-corrected chi connectivity index (χ1v) is 11.0. The van der Waals surface area contributed by atoms with Crippen LogP contribution in [0.4, 0.5) is 10.7 Å². The van der Waals surface area contributed by atoms with Crippen molar-refractivity contribution in [2.24, 2.45) is 4.99 Å².